The Labute approximate surface area is 85.3 Å². The van der Waals surface area contributed by atoms with Crippen molar-refractivity contribution in [1.29, 1.82) is 0 Å². The van der Waals surface area contributed by atoms with Crippen LogP contribution in [0.4, 0.5) is 0 Å². The third kappa shape index (κ3) is 1.98. The van der Waals surface area contributed by atoms with E-state index in [2.05, 4.69) is 9.55 Å². The van der Waals surface area contributed by atoms with Crippen LogP contribution in [-0.4, -0.2) is 15.1 Å². The maximum atomic E-state index is 6.29. The van der Waals surface area contributed by atoms with Crippen molar-refractivity contribution in [3.63, 3.8) is 0 Å². The molecule has 0 spiro atoms. The zero-order valence-corrected chi connectivity index (χ0v) is 8.87. The van der Waals surface area contributed by atoms with Gasteiger partial charge in [0, 0.05) is 31.4 Å². The van der Waals surface area contributed by atoms with Gasteiger partial charge in [0.2, 0.25) is 0 Å². The first kappa shape index (κ1) is 9.71. The fourth-order valence-electron chi connectivity index (χ4n) is 2.33. The van der Waals surface area contributed by atoms with Crippen molar-refractivity contribution < 1.29 is 0 Å². The molecular formula is C11H19N3. The summed E-state index contributed by atoms with van der Waals surface area (Å²) < 4.78 is 2.08. The Morgan fingerprint density at radius 2 is 2.21 bits per heavy atom. The van der Waals surface area contributed by atoms with Crippen LogP contribution >= 0.6 is 0 Å². The monoisotopic (exact) mass is 193 g/mol. The minimum absolute atomic E-state index is 0.103. The number of nitrogens with two attached hydrogens (primary N) is 1. The number of hydrogen-bond donors (Lipinski definition) is 1. The van der Waals surface area contributed by atoms with Crippen LogP contribution in [0.2, 0.25) is 0 Å². The van der Waals surface area contributed by atoms with Gasteiger partial charge < -0.3 is 10.3 Å². The first-order valence-corrected chi connectivity index (χ1v) is 5.45. The summed E-state index contributed by atoms with van der Waals surface area (Å²) in [7, 11) is 2.04. The number of rotatable bonds is 3. The summed E-state index contributed by atoms with van der Waals surface area (Å²) in [6.45, 7) is 0. The molecule has 0 aliphatic heterocycles. The second-order valence-electron chi connectivity index (χ2n) is 4.52. The molecule has 78 valence electrons. The molecule has 1 saturated carbocycles. The largest absolute Gasteiger partial charge is 0.338 e. The van der Waals surface area contributed by atoms with Gasteiger partial charge in [0.15, 0.2) is 0 Å². The highest BCUT2D eigenvalue weighted by Gasteiger charge is 2.28. The van der Waals surface area contributed by atoms with Gasteiger partial charge in [-0.1, -0.05) is 12.8 Å². The lowest BCUT2D eigenvalue weighted by atomic mass is 9.93. The highest BCUT2D eigenvalue weighted by molar-refractivity contribution is 4.96. The fraction of sp³-hybridized carbons (Fsp3) is 0.727. The molecule has 1 aliphatic carbocycles. The Morgan fingerprint density at radius 3 is 2.79 bits per heavy atom. The molecule has 1 heterocycles. The molecule has 1 aromatic heterocycles. The summed E-state index contributed by atoms with van der Waals surface area (Å²) in [6.07, 6.45) is 10.9. The second-order valence-corrected chi connectivity index (χ2v) is 4.52. The molecule has 1 fully saturated rings. The standard InChI is InChI=1S/C11H19N3/c1-14-9-8-13-10(14)4-7-11(12)5-2-3-6-11/h8-9H,2-7,12H2,1H3. The third-order valence-corrected chi connectivity index (χ3v) is 3.37. The van der Waals surface area contributed by atoms with E-state index in [-0.39, 0.29) is 5.54 Å². The summed E-state index contributed by atoms with van der Waals surface area (Å²) in [5, 5.41) is 0. The van der Waals surface area contributed by atoms with Gasteiger partial charge in [0.25, 0.3) is 0 Å². The van der Waals surface area contributed by atoms with Crippen LogP contribution in [0.25, 0.3) is 0 Å². The van der Waals surface area contributed by atoms with Gasteiger partial charge in [0.1, 0.15) is 5.82 Å². The number of aromatic nitrogens is 2. The van der Waals surface area contributed by atoms with Gasteiger partial charge in [-0.3, -0.25) is 0 Å². The van der Waals surface area contributed by atoms with E-state index in [4.69, 9.17) is 5.73 Å². The topological polar surface area (TPSA) is 43.8 Å². The molecule has 1 aliphatic rings. The zero-order chi connectivity index (χ0) is 10.0. The van der Waals surface area contributed by atoms with Gasteiger partial charge in [-0.25, -0.2) is 4.98 Å². The van der Waals surface area contributed by atoms with Crippen molar-refractivity contribution in [3.05, 3.63) is 18.2 Å². The van der Waals surface area contributed by atoms with Crippen molar-refractivity contribution in [2.45, 2.75) is 44.1 Å². The minimum Gasteiger partial charge on any atom is -0.338 e. The molecule has 14 heavy (non-hydrogen) atoms. The smallest absolute Gasteiger partial charge is 0.108 e. The second kappa shape index (κ2) is 3.73. The molecule has 0 radical (unpaired) electrons. The van der Waals surface area contributed by atoms with E-state index in [1.165, 1.54) is 25.7 Å². The van der Waals surface area contributed by atoms with Crippen LogP contribution in [0.15, 0.2) is 12.4 Å². The molecule has 0 bridgehead atoms. The Balaban J connectivity index is 1.91. The van der Waals surface area contributed by atoms with E-state index in [0.717, 1.165) is 18.7 Å². The SMILES string of the molecule is Cn1ccnc1CCC1(N)CCCC1. The third-order valence-electron chi connectivity index (χ3n) is 3.37. The number of imidazole rings is 1. The van der Waals surface area contributed by atoms with Crippen LogP contribution in [0.1, 0.15) is 37.9 Å². The van der Waals surface area contributed by atoms with Crippen LogP contribution in [0, 0.1) is 0 Å². The molecule has 3 nitrogen and oxygen atoms in total. The highest BCUT2D eigenvalue weighted by Crippen LogP contribution is 2.30. The summed E-state index contributed by atoms with van der Waals surface area (Å²) in [4.78, 5) is 4.32. The van der Waals surface area contributed by atoms with Crippen LogP contribution < -0.4 is 5.73 Å². The van der Waals surface area contributed by atoms with E-state index >= 15 is 0 Å². The molecule has 2 rings (SSSR count). The van der Waals surface area contributed by atoms with E-state index in [1.54, 1.807) is 0 Å². The summed E-state index contributed by atoms with van der Waals surface area (Å²) in [6, 6.07) is 0. The van der Waals surface area contributed by atoms with E-state index in [9.17, 15) is 0 Å². The van der Waals surface area contributed by atoms with Crippen LogP contribution in [0.3, 0.4) is 0 Å². The van der Waals surface area contributed by atoms with Crippen LogP contribution in [0.5, 0.6) is 0 Å². The van der Waals surface area contributed by atoms with Gasteiger partial charge >= 0.3 is 0 Å². The van der Waals surface area contributed by atoms with Crippen molar-refractivity contribution in [1.82, 2.24) is 9.55 Å². The van der Waals surface area contributed by atoms with Gasteiger partial charge in [-0.05, 0) is 19.3 Å². The number of hydrogen-bond acceptors (Lipinski definition) is 2. The molecule has 1 aromatic rings. The lowest BCUT2D eigenvalue weighted by Crippen LogP contribution is -2.36. The Hall–Kier alpha value is -0.830. The molecule has 0 atom stereocenters. The maximum absolute atomic E-state index is 6.29. The number of aryl methyl sites for hydroxylation is 2. The molecule has 3 heteroatoms. The fourth-order valence-corrected chi connectivity index (χ4v) is 2.33. The molecular weight excluding hydrogens is 174 g/mol. The lowest BCUT2D eigenvalue weighted by Gasteiger charge is -2.22. The molecule has 0 amide bonds. The van der Waals surface area contributed by atoms with Crippen molar-refractivity contribution in [2.75, 3.05) is 0 Å². The zero-order valence-electron chi connectivity index (χ0n) is 8.87. The molecule has 2 N–H and O–H groups in total. The Bertz CT molecular complexity index is 297. The summed E-state index contributed by atoms with van der Waals surface area (Å²) in [5.41, 5.74) is 6.39. The molecule has 0 unspecified atom stereocenters. The predicted molar refractivity (Wildman–Crippen MR) is 56.9 cm³/mol. The Kier molecular flexibility index (Phi) is 2.59. The molecule has 0 saturated heterocycles. The molecule has 0 aromatic carbocycles. The lowest BCUT2D eigenvalue weighted by molar-refractivity contribution is 0.400. The first-order chi connectivity index (χ1) is 6.70. The van der Waals surface area contributed by atoms with Gasteiger partial charge in [-0.2, -0.15) is 0 Å². The van der Waals surface area contributed by atoms with Crippen LogP contribution in [-0.2, 0) is 13.5 Å². The highest BCUT2D eigenvalue weighted by atomic mass is 15.0. The Morgan fingerprint density at radius 1 is 1.50 bits per heavy atom. The van der Waals surface area contributed by atoms with Crippen molar-refractivity contribution in [3.8, 4) is 0 Å². The maximum Gasteiger partial charge on any atom is 0.108 e. The minimum atomic E-state index is 0.103. The summed E-state index contributed by atoms with van der Waals surface area (Å²) in [5.74, 6) is 1.15. The van der Waals surface area contributed by atoms with E-state index in [1.807, 2.05) is 19.4 Å². The summed E-state index contributed by atoms with van der Waals surface area (Å²) >= 11 is 0. The first-order valence-electron chi connectivity index (χ1n) is 5.45. The van der Waals surface area contributed by atoms with Crippen molar-refractivity contribution >= 4 is 0 Å². The number of nitrogens with zero attached hydrogens (tertiary/aromatic N) is 2. The van der Waals surface area contributed by atoms with E-state index < -0.39 is 0 Å². The van der Waals surface area contributed by atoms with Gasteiger partial charge in [0.05, 0.1) is 0 Å². The average Bonchev–Trinajstić information content (AvgIpc) is 2.73. The average molecular weight is 193 g/mol. The predicted octanol–water partition coefficient (Wildman–Crippen LogP) is 1.62. The quantitative estimate of drug-likeness (QED) is 0.792. The van der Waals surface area contributed by atoms with Crippen molar-refractivity contribution in [2.24, 2.45) is 12.8 Å². The van der Waals surface area contributed by atoms with E-state index in [0.29, 0.717) is 0 Å². The normalized spacial score (nSPS) is 20.1. The van der Waals surface area contributed by atoms with Gasteiger partial charge in [-0.15, -0.1) is 0 Å².